The third-order valence-electron chi connectivity index (χ3n) is 2.96. The van der Waals surface area contributed by atoms with Gasteiger partial charge >= 0.3 is 0 Å². The molecule has 0 saturated heterocycles. The van der Waals surface area contributed by atoms with Crippen LogP contribution in [0.25, 0.3) is 0 Å². The summed E-state index contributed by atoms with van der Waals surface area (Å²) >= 11 is 3.38. The van der Waals surface area contributed by atoms with E-state index in [2.05, 4.69) is 21.2 Å². The minimum absolute atomic E-state index is 0.190. The van der Waals surface area contributed by atoms with Gasteiger partial charge in [0.1, 0.15) is 24.7 Å². The lowest BCUT2D eigenvalue weighted by atomic mass is 10.2. The molecule has 0 radical (unpaired) electrons. The first-order valence-electron chi connectivity index (χ1n) is 7.22. The van der Waals surface area contributed by atoms with Crippen molar-refractivity contribution in [2.75, 3.05) is 19.8 Å². The highest BCUT2D eigenvalue weighted by molar-refractivity contribution is 9.10. The number of hydrogen-bond donors (Lipinski definition) is 2. The number of primary amides is 1. The van der Waals surface area contributed by atoms with E-state index in [1.807, 2.05) is 24.3 Å². The van der Waals surface area contributed by atoms with Crippen LogP contribution in [0.4, 0.5) is 0 Å². The number of ether oxygens (including phenoxy) is 2. The molecule has 0 aromatic heterocycles. The fraction of sp³-hybridized carbons (Fsp3) is 0.176. The number of nitrogens with two attached hydrogens (primary N) is 1. The van der Waals surface area contributed by atoms with E-state index >= 15 is 0 Å². The van der Waals surface area contributed by atoms with Crippen LogP contribution in [0.2, 0.25) is 0 Å². The second kappa shape index (κ2) is 8.93. The fourth-order valence-corrected chi connectivity index (χ4v) is 2.23. The standard InChI is InChI=1S/C17H17BrN2O4/c18-13-2-1-3-15(10-13)24-9-8-23-14-6-4-12(5-7-14)17(22)20-11-16(19)21/h1-7,10H,8-9,11H2,(H2,19,21)(H,20,22). The molecule has 0 saturated carbocycles. The van der Waals surface area contributed by atoms with Gasteiger partial charge in [-0.1, -0.05) is 22.0 Å². The molecule has 2 rings (SSSR count). The Morgan fingerprint density at radius 3 is 2.29 bits per heavy atom. The molecule has 0 spiro atoms. The Kier molecular flexibility index (Phi) is 6.62. The number of carbonyl (C=O) groups excluding carboxylic acids is 2. The number of nitrogens with one attached hydrogen (secondary N) is 1. The van der Waals surface area contributed by atoms with Gasteiger partial charge in [0, 0.05) is 10.0 Å². The predicted molar refractivity (Wildman–Crippen MR) is 93.1 cm³/mol. The molecule has 24 heavy (non-hydrogen) atoms. The van der Waals surface area contributed by atoms with Crippen LogP contribution in [-0.2, 0) is 4.79 Å². The lowest BCUT2D eigenvalue weighted by Gasteiger charge is -2.09. The van der Waals surface area contributed by atoms with Gasteiger partial charge < -0.3 is 20.5 Å². The van der Waals surface area contributed by atoms with Crippen LogP contribution in [0, 0.1) is 0 Å². The van der Waals surface area contributed by atoms with Crippen LogP contribution >= 0.6 is 15.9 Å². The lowest BCUT2D eigenvalue weighted by molar-refractivity contribution is -0.117. The molecule has 2 amide bonds. The molecule has 126 valence electrons. The fourth-order valence-electron chi connectivity index (χ4n) is 1.85. The van der Waals surface area contributed by atoms with Crippen molar-refractivity contribution in [3.8, 4) is 11.5 Å². The first kappa shape index (κ1) is 17.8. The summed E-state index contributed by atoms with van der Waals surface area (Å²) in [5.74, 6) is 0.431. The molecule has 0 aliphatic carbocycles. The molecule has 0 aliphatic heterocycles. The average Bonchev–Trinajstić information content (AvgIpc) is 2.57. The third-order valence-corrected chi connectivity index (χ3v) is 3.45. The van der Waals surface area contributed by atoms with Gasteiger partial charge in [-0.15, -0.1) is 0 Å². The van der Waals surface area contributed by atoms with E-state index in [0.717, 1.165) is 10.2 Å². The molecule has 0 heterocycles. The van der Waals surface area contributed by atoms with Crippen LogP contribution in [0.1, 0.15) is 10.4 Å². The van der Waals surface area contributed by atoms with E-state index < -0.39 is 5.91 Å². The zero-order chi connectivity index (χ0) is 17.4. The van der Waals surface area contributed by atoms with Crippen LogP contribution in [0.5, 0.6) is 11.5 Å². The van der Waals surface area contributed by atoms with E-state index in [9.17, 15) is 9.59 Å². The van der Waals surface area contributed by atoms with Crippen molar-refractivity contribution in [2.45, 2.75) is 0 Å². The maximum absolute atomic E-state index is 11.7. The van der Waals surface area contributed by atoms with Gasteiger partial charge in [0.05, 0.1) is 6.54 Å². The van der Waals surface area contributed by atoms with Gasteiger partial charge in [0.15, 0.2) is 0 Å². The largest absolute Gasteiger partial charge is 0.490 e. The van der Waals surface area contributed by atoms with Gasteiger partial charge in [-0.3, -0.25) is 9.59 Å². The highest BCUT2D eigenvalue weighted by Gasteiger charge is 2.06. The summed E-state index contributed by atoms with van der Waals surface area (Å²) in [6.45, 7) is 0.584. The van der Waals surface area contributed by atoms with Gasteiger partial charge in [0.2, 0.25) is 5.91 Å². The molecule has 2 aromatic rings. The smallest absolute Gasteiger partial charge is 0.251 e. The first-order valence-corrected chi connectivity index (χ1v) is 8.01. The van der Waals surface area contributed by atoms with Crippen molar-refractivity contribution < 1.29 is 19.1 Å². The van der Waals surface area contributed by atoms with Crippen LogP contribution < -0.4 is 20.5 Å². The van der Waals surface area contributed by atoms with Crippen LogP contribution in [0.15, 0.2) is 53.0 Å². The highest BCUT2D eigenvalue weighted by atomic mass is 79.9. The average molecular weight is 393 g/mol. The van der Waals surface area contributed by atoms with E-state index in [1.54, 1.807) is 24.3 Å². The number of carbonyl (C=O) groups is 2. The number of amides is 2. The monoisotopic (exact) mass is 392 g/mol. The number of hydrogen-bond acceptors (Lipinski definition) is 4. The third kappa shape index (κ3) is 5.92. The summed E-state index contributed by atoms with van der Waals surface area (Å²) in [4.78, 5) is 22.4. The zero-order valence-corrected chi connectivity index (χ0v) is 14.4. The van der Waals surface area contributed by atoms with Gasteiger partial charge in [0.25, 0.3) is 5.91 Å². The molecule has 7 heteroatoms. The Hall–Kier alpha value is -2.54. The summed E-state index contributed by atoms with van der Waals surface area (Å²) in [6.07, 6.45) is 0. The molecule has 3 N–H and O–H groups in total. The number of rotatable bonds is 8. The van der Waals surface area contributed by atoms with Crippen molar-refractivity contribution in [2.24, 2.45) is 5.73 Å². The molecule has 0 aliphatic rings. The molecule has 2 aromatic carbocycles. The molecule has 0 unspecified atom stereocenters. The predicted octanol–water partition coefficient (Wildman–Crippen LogP) is 2.12. The molecule has 0 bridgehead atoms. The summed E-state index contributed by atoms with van der Waals surface area (Å²) in [7, 11) is 0. The Bertz CT molecular complexity index is 704. The summed E-state index contributed by atoms with van der Waals surface area (Å²) in [6, 6.07) is 14.1. The van der Waals surface area contributed by atoms with Gasteiger partial charge in [-0.05, 0) is 42.5 Å². The normalized spacial score (nSPS) is 10.0. The Labute approximate surface area is 148 Å². The lowest BCUT2D eigenvalue weighted by Crippen LogP contribution is -2.33. The maximum Gasteiger partial charge on any atom is 0.251 e. The van der Waals surface area contributed by atoms with E-state index in [-0.39, 0.29) is 12.5 Å². The molecular formula is C17H17BrN2O4. The summed E-state index contributed by atoms with van der Waals surface area (Å²) in [5, 5.41) is 2.41. The highest BCUT2D eigenvalue weighted by Crippen LogP contribution is 2.18. The second-order valence-electron chi connectivity index (χ2n) is 4.83. The topological polar surface area (TPSA) is 90.7 Å². The summed E-state index contributed by atoms with van der Waals surface area (Å²) < 4.78 is 12.1. The van der Waals surface area contributed by atoms with Crippen molar-refractivity contribution in [1.82, 2.24) is 5.32 Å². The maximum atomic E-state index is 11.7. The van der Waals surface area contributed by atoms with Gasteiger partial charge in [-0.2, -0.15) is 0 Å². The SMILES string of the molecule is NC(=O)CNC(=O)c1ccc(OCCOc2cccc(Br)c2)cc1. The second-order valence-corrected chi connectivity index (χ2v) is 5.74. The molecule has 0 fully saturated rings. The minimum Gasteiger partial charge on any atom is -0.490 e. The summed E-state index contributed by atoms with van der Waals surface area (Å²) in [5.41, 5.74) is 5.40. The number of benzene rings is 2. The number of halogens is 1. The minimum atomic E-state index is -0.589. The Morgan fingerprint density at radius 1 is 1.00 bits per heavy atom. The molecule has 6 nitrogen and oxygen atoms in total. The van der Waals surface area contributed by atoms with E-state index in [1.165, 1.54) is 0 Å². The molecule has 0 atom stereocenters. The van der Waals surface area contributed by atoms with Crippen molar-refractivity contribution in [3.05, 3.63) is 58.6 Å². The molecular weight excluding hydrogens is 376 g/mol. The van der Waals surface area contributed by atoms with E-state index in [4.69, 9.17) is 15.2 Å². The van der Waals surface area contributed by atoms with Gasteiger partial charge in [-0.25, -0.2) is 0 Å². The Balaban J connectivity index is 1.75. The van der Waals surface area contributed by atoms with Crippen molar-refractivity contribution >= 4 is 27.7 Å². The first-order chi connectivity index (χ1) is 11.5. The Morgan fingerprint density at radius 2 is 1.67 bits per heavy atom. The zero-order valence-electron chi connectivity index (χ0n) is 12.8. The van der Waals surface area contributed by atoms with E-state index in [0.29, 0.717) is 24.5 Å². The van der Waals surface area contributed by atoms with Crippen molar-refractivity contribution in [1.29, 1.82) is 0 Å². The quantitative estimate of drug-likeness (QED) is 0.673. The van der Waals surface area contributed by atoms with Crippen LogP contribution in [0.3, 0.4) is 0 Å². The van der Waals surface area contributed by atoms with Crippen LogP contribution in [-0.4, -0.2) is 31.6 Å². The van der Waals surface area contributed by atoms with Crippen molar-refractivity contribution in [3.63, 3.8) is 0 Å².